The lowest BCUT2D eigenvalue weighted by Crippen LogP contribution is -2.42. The van der Waals surface area contributed by atoms with Crippen molar-refractivity contribution in [2.24, 2.45) is 0 Å². The lowest BCUT2D eigenvalue weighted by atomic mass is 10.2. The molecule has 0 heterocycles. The fourth-order valence-electron chi connectivity index (χ4n) is 1.64. The molecular weight excluding hydrogens is 224 g/mol. The van der Waals surface area contributed by atoms with E-state index in [9.17, 15) is 9.59 Å². The number of allylic oxidation sites excluding steroid dienone is 1. The number of aliphatic hydroxyl groups is 1. The van der Waals surface area contributed by atoms with Crippen LogP contribution in [0.1, 0.15) is 25.7 Å². The van der Waals surface area contributed by atoms with Gasteiger partial charge >= 0.3 is 12.0 Å². The third kappa shape index (κ3) is 5.35. The molecule has 0 spiro atoms. The van der Waals surface area contributed by atoms with Gasteiger partial charge in [0, 0.05) is 6.54 Å². The number of carboxylic acids is 1. The number of carbonyl (C=O) groups excluding carboxylic acids is 1. The van der Waals surface area contributed by atoms with E-state index in [1.165, 1.54) is 12.0 Å². The van der Waals surface area contributed by atoms with Crippen LogP contribution in [0.25, 0.3) is 0 Å². The van der Waals surface area contributed by atoms with Gasteiger partial charge in [0.05, 0.1) is 6.54 Å². The summed E-state index contributed by atoms with van der Waals surface area (Å²) in [5.74, 6) is -1.35. The van der Waals surface area contributed by atoms with Gasteiger partial charge in [0.1, 0.15) is 0 Å². The van der Waals surface area contributed by atoms with Crippen LogP contribution in [0.3, 0.4) is 0 Å². The summed E-state index contributed by atoms with van der Waals surface area (Å²) in [4.78, 5) is 21.5. The maximum absolute atomic E-state index is 11.2. The molecule has 0 fully saturated rings. The number of nitrogens with one attached hydrogen (secondary N) is 2. The highest BCUT2D eigenvalue weighted by atomic mass is 16.4. The third-order valence-electron chi connectivity index (χ3n) is 2.61. The molecule has 1 rings (SSSR count). The fourth-order valence-corrected chi connectivity index (χ4v) is 1.64. The second-order valence-corrected chi connectivity index (χ2v) is 4.00. The van der Waals surface area contributed by atoms with Crippen molar-refractivity contribution in [3.05, 3.63) is 11.6 Å². The van der Waals surface area contributed by atoms with Crippen molar-refractivity contribution in [3.63, 3.8) is 0 Å². The topological polar surface area (TPSA) is 98.7 Å². The maximum atomic E-state index is 11.2. The van der Waals surface area contributed by atoms with E-state index in [1.54, 1.807) is 0 Å². The predicted octanol–water partition coefficient (Wildman–Crippen LogP) is 0.231. The van der Waals surface area contributed by atoms with Crippen LogP contribution in [0.4, 0.5) is 4.79 Å². The highest BCUT2D eigenvalue weighted by Gasteiger charge is 2.13. The molecule has 4 N–H and O–H groups in total. The van der Waals surface area contributed by atoms with Crippen molar-refractivity contribution in [3.8, 4) is 0 Å². The fraction of sp³-hybridized carbons (Fsp3) is 0.636. The molecule has 0 aromatic rings. The molecular formula is C11H18N2O4. The van der Waals surface area contributed by atoms with Crippen LogP contribution >= 0.6 is 0 Å². The van der Waals surface area contributed by atoms with Gasteiger partial charge in [-0.25, -0.2) is 9.59 Å². The van der Waals surface area contributed by atoms with Crippen LogP contribution in [0.15, 0.2) is 11.6 Å². The van der Waals surface area contributed by atoms with Crippen LogP contribution in [0.2, 0.25) is 0 Å². The molecule has 0 aromatic carbocycles. The Kier molecular flexibility index (Phi) is 5.48. The number of aliphatic hydroxyl groups excluding tert-OH is 1. The molecule has 2 amide bonds. The molecule has 0 aromatic heterocycles. The smallest absolute Gasteiger partial charge is 0.334 e. The van der Waals surface area contributed by atoms with Crippen LogP contribution < -0.4 is 10.6 Å². The molecule has 17 heavy (non-hydrogen) atoms. The second kappa shape index (κ2) is 6.90. The maximum Gasteiger partial charge on any atom is 0.334 e. The molecule has 6 nitrogen and oxygen atoms in total. The number of urea groups is 1. The monoisotopic (exact) mass is 242 g/mol. The van der Waals surface area contributed by atoms with Crippen LogP contribution in [0.5, 0.6) is 0 Å². The first kappa shape index (κ1) is 13.5. The van der Waals surface area contributed by atoms with Gasteiger partial charge in [0.15, 0.2) is 6.10 Å². The highest BCUT2D eigenvalue weighted by molar-refractivity contribution is 5.76. The van der Waals surface area contributed by atoms with Gasteiger partial charge in [0.2, 0.25) is 0 Å². The van der Waals surface area contributed by atoms with E-state index < -0.39 is 18.1 Å². The number of hydrogen-bond donors (Lipinski definition) is 4. The Hall–Kier alpha value is -1.56. The molecule has 6 heteroatoms. The van der Waals surface area contributed by atoms with E-state index in [1.807, 2.05) is 0 Å². The molecule has 1 atom stereocenters. The van der Waals surface area contributed by atoms with Gasteiger partial charge in [-0.3, -0.25) is 0 Å². The van der Waals surface area contributed by atoms with Crippen molar-refractivity contribution < 1.29 is 19.8 Å². The van der Waals surface area contributed by atoms with Crippen LogP contribution in [-0.2, 0) is 4.79 Å². The van der Waals surface area contributed by atoms with Gasteiger partial charge in [0.25, 0.3) is 0 Å². The van der Waals surface area contributed by atoms with Gasteiger partial charge in [-0.05, 0) is 25.7 Å². The zero-order valence-electron chi connectivity index (χ0n) is 9.61. The molecule has 0 radical (unpaired) electrons. The number of hydrogen-bond acceptors (Lipinski definition) is 3. The lowest BCUT2D eigenvalue weighted by Gasteiger charge is -2.09. The summed E-state index contributed by atoms with van der Waals surface area (Å²) >= 11 is 0. The minimum Gasteiger partial charge on any atom is -0.479 e. The first-order valence-electron chi connectivity index (χ1n) is 5.70. The van der Waals surface area contributed by atoms with E-state index in [2.05, 4.69) is 16.7 Å². The van der Waals surface area contributed by atoms with Crippen molar-refractivity contribution in [2.75, 3.05) is 13.1 Å². The molecule has 0 unspecified atom stereocenters. The van der Waals surface area contributed by atoms with Crippen molar-refractivity contribution in [1.82, 2.24) is 10.6 Å². The first-order valence-corrected chi connectivity index (χ1v) is 5.70. The molecule has 0 saturated heterocycles. The average molecular weight is 242 g/mol. The zero-order chi connectivity index (χ0) is 12.7. The van der Waals surface area contributed by atoms with E-state index in [0.29, 0.717) is 6.54 Å². The Bertz CT molecular complexity index is 315. The summed E-state index contributed by atoms with van der Waals surface area (Å²) in [6.07, 6.45) is 4.86. The minimum absolute atomic E-state index is 0.288. The number of aliphatic carboxylic acids is 1. The number of carbonyl (C=O) groups is 2. The standard InChI is InChI=1S/C11H18N2O4/c14-9(10(15)16)7-13-11(17)12-6-5-8-3-1-2-4-8/h3,9,14H,1-2,4-7H2,(H,15,16)(H2,12,13,17)/t9-/m0/s1. The van der Waals surface area contributed by atoms with Crippen molar-refractivity contribution in [1.29, 1.82) is 0 Å². The normalized spacial score (nSPS) is 16.2. The quantitative estimate of drug-likeness (QED) is 0.501. The summed E-state index contributed by atoms with van der Waals surface area (Å²) in [6.45, 7) is 0.241. The Morgan fingerprint density at radius 3 is 2.76 bits per heavy atom. The minimum atomic E-state index is -1.56. The molecule has 1 aliphatic rings. The van der Waals surface area contributed by atoms with E-state index >= 15 is 0 Å². The van der Waals surface area contributed by atoms with Gasteiger partial charge < -0.3 is 20.8 Å². The Morgan fingerprint density at radius 2 is 2.18 bits per heavy atom. The zero-order valence-corrected chi connectivity index (χ0v) is 9.61. The van der Waals surface area contributed by atoms with Crippen molar-refractivity contribution in [2.45, 2.75) is 31.8 Å². The van der Waals surface area contributed by atoms with Gasteiger partial charge in [-0.2, -0.15) is 0 Å². The van der Waals surface area contributed by atoms with Gasteiger partial charge in [-0.1, -0.05) is 11.6 Å². The summed E-state index contributed by atoms with van der Waals surface area (Å²) in [7, 11) is 0. The number of carboxylic acid groups (broad SMARTS) is 1. The Morgan fingerprint density at radius 1 is 1.41 bits per heavy atom. The van der Waals surface area contributed by atoms with E-state index in [4.69, 9.17) is 10.2 Å². The Labute approximate surface area is 99.7 Å². The van der Waals surface area contributed by atoms with E-state index in [-0.39, 0.29) is 6.54 Å². The number of amides is 2. The molecule has 0 saturated carbocycles. The summed E-state index contributed by atoms with van der Waals surface area (Å²) < 4.78 is 0. The highest BCUT2D eigenvalue weighted by Crippen LogP contribution is 2.19. The third-order valence-corrected chi connectivity index (χ3v) is 2.61. The van der Waals surface area contributed by atoms with Crippen molar-refractivity contribution >= 4 is 12.0 Å². The largest absolute Gasteiger partial charge is 0.479 e. The van der Waals surface area contributed by atoms with Crippen LogP contribution in [-0.4, -0.2) is 41.4 Å². The Balaban J connectivity index is 2.06. The first-order chi connectivity index (χ1) is 8.09. The summed E-state index contributed by atoms with van der Waals surface area (Å²) in [5.41, 5.74) is 1.36. The summed E-state index contributed by atoms with van der Waals surface area (Å²) in [6, 6.07) is -0.455. The predicted molar refractivity (Wildman–Crippen MR) is 61.6 cm³/mol. The van der Waals surface area contributed by atoms with E-state index in [0.717, 1.165) is 19.3 Å². The molecule has 96 valence electrons. The summed E-state index contributed by atoms with van der Waals surface area (Å²) in [5, 5.41) is 22.2. The molecule has 0 bridgehead atoms. The molecule has 0 aliphatic heterocycles. The second-order valence-electron chi connectivity index (χ2n) is 4.00. The van der Waals surface area contributed by atoms with Gasteiger partial charge in [-0.15, -0.1) is 0 Å². The number of rotatable bonds is 6. The molecule has 1 aliphatic carbocycles. The lowest BCUT2D eigenvalue weighted by molar-refractivity contribution is -0.146. The van der Waals surface area contributed by atoms with Crippen LogP contribution in [0, 0.1) is 0 Å². The average Bonchev–Trinajstić information content (AvgIpc) is 2.78. The SMILES string of the molecule is O=C(NCCC1=CCCC1)NC[C@H](O)C(=O)O.